The highest BCUT2D eigenvalue weighted by atomic mass is 79.9. The van der Waals surface area contributed by atoms with Crippen LogP contribution in [-0.4, -0.2) is 58.5 Å². The molecule has 0 unspecified atom stereocenters. The van der Waals surface area contributed by atoms with Crippen molar-refractivity contribution in [3.8, 4) is 22.9 Å². The van der Waals surface area contributed by atoms with E-state index in [1.54, 1.807) is 37.6 Å². The summed E-state index contributed by atoms with van der Waals surface area (Å²) in [5.74, 6) is 1.25. The van der Waals surface area contributed by atoms with Crippen LogP contribution in [0, 0.1) is 0 Å². The van der Waals surface area contributed by atoms with E-state index in [9.17, 15) is 18.0 Å². The van der Waals surface area contributed by atoms with Crippen LogP contribution < -0.4 is 10.6 Å². The van der Waals surface area contributed by atoms with Gasteiger partial charge in [0.1, 0.15) is 34.3 Å². The molecule has 0 aliphatic rings. The summed E-state index contributed by atoms with van der Waals surface area (Å²) in [7, 11) is -1.35. The van der Waals surface area contributed by atoms with Crippen molar-refractivity contribution in [2.75, 3.05) is 18.5 Å². The largest absolute Gasteiger partial charge is 0.444 e. The highest BCUT2D eigenvalue weighted by molar-refractivity contribution is 9.10. The maximum atomic E-state index is 13.2. The Morgan fingerprint density at radius 2 is 1.76 bits per heavy atom. The number of carbonyl (C=O) groups excluding carboxylic acids is 1. The molecule has 0 saturated carbocycles. The summed E-state index contributed by atoms with van der Waals surface area (Å²) in [5.41, 5.74) is -0.346. The van der Waals surface area contributed by atoms with Crippen molar-refractivity contribution >= 4 is 35.9 Å². The number of nitrogens with zero attached hydrogens (tertiary/aromatic N) is 4. The first-order chi connectivity index (χ1) is 19.4. The summed E-state index contributed by atoms with van der Waals surface area (Å²) in [5, 5.41) is 5.96. The van der Waals surface area contributed by atoms with E-state index >= 15 is 0 Å². The lowest BCUT2D eigenvalue weighted by atomic mass is 10.1. The minimum Gasteiger partial charge on any atom is -0.444 e. The first-order valence-corrected chi connectivity index (χ1v) is 18.0. The summed E-state index contributed by atoms with van der Waals surface area (Å²) >= 11 is 3.50. The molecule has 0 saturated heterocycles. The molecule has 0 radical (unpaired) electrons. The number of amides is 1. The number of carbonyl (C=O) groups is 1. The maximum absolute atomic E-state index is 13.2. The molecule has 2 heterocycles. The summed E-state index contributed by atoms with van der Waals surface area (Å²) in [4.78, 5) is 25.8. The number of nitrogens with one attached hydrogen (secondary N) is 2. The quantitative estimate of drug-likeness (QED) is 0.162. The molecule has 3 aromatic rings. The fourth-order valence-corrected chi connectivity index (χ4v) is 5.03. The zero-order chi connectivity index (χ0) is 31.3. The van der Waals surface area contributed by atoms with E-state index in [4.69, 9.17) is 9.47 Å². The minimum atomic E-state index is -4.44. The zero-order valence-electron chi connectivity index (χ0n) is 24.9. The van der Waals surface area contributed by atoms with Gasteiger partial charge in [-0.05, 0) is 67.9 Å². The molecule has 0 bridgehead atoms. The number of aromatic nitrogens is 4. The zero-order valence-corrected chi connectivity index (χ0v) is 27.5. The first-order valence-electron chi connectivity index (χ1n) is 13.5. The average molecular weight is 672 g/mol. The lowest BCUT2D eigenvalue weighted by Gasteiger charge is -2.22. The van der Waals surface area contributed by atoms with Gasteiger partial charge in [0.15, 0.2) is 5.82 Å². The predicted octanol–water partition coefficient (Wildman–Crippen LogP) is 7.43. The molecule has 0 aliphatic carbocycles. The van der Waals surface area contributed by atoms with Gasteiger partial charge in [-0.2, -0.15) is 13.2 Å². The molecular weight excluding hydrogens is 633 g/mol. The van der Waals surface area contributed by atoms with Crippen molar-refractivity contribution in [2.24, 2.45) is 0 Å². The Balaban J connectivity index is 1.87. The van der Waals surface area contributed by atoms with Crippen LogP contribution >= 0.6 is 15.9 Å². The third-order valence-electron chi connectivity index (χ3n) is 5.83. The van der Waals surface area contributed by atoms with Crippen LogP contribution in [0.15, 0.2) is 41.1 Å². The molecule has 14 heteroatoms. The van der Waals surface area contributed by atoms with Crippen LogP contribution in [0.5, 0.6) is 0 Å². The molecule has 230 valence electrons. The number of ether oxygens (including phenoxy) is 2. The number of alkyl halides is 3. The second-order valence-corrected chi connectivity index (χ2v) is 18.5. The van der Waals surface area contributed by atoms with Gasteiger partial charge in [-0.3, -0.25) is 4.57 Å². The molecule has 0 fully saturated rings. The van der Waals surface area contributed by atoms with E-state index in [0.29, 0.717) is 46.5 Å². The van der Waals surface area contributed by atoms with E-state index in [-0.39, 0.29) is 12.8 Å². The highest BCUT2D eigenvalue weighted by Gasteiger charge is 2.30. The number of hydrogen-bond donors (Lipinski definition) is 2. The van der Waals surface area contributed by atoms with Crippen LogP contribution in [0.3, 0.4) is 0 Å². The van der Waals surface area contributed by atoms with E-state index in [2.05, 4.69) is 61.2 Å². The number of benzene rings is 1. The van der Waals surface area contributed by atoms with E-state index in [1.807, 2.05) is 6.92 Å². The van der Waals surface area contributed by atoms with Gasteiger partial charge >= 0.3 is 12.3 Å². The number of rotatable bonds is 11. The Bertz CT molecular complexity index is 1350. The summed E-state index contributed by atoms with van der Waals surface area (Å²) in [6.45, 7) is 15.0. The number of anilines is 1. The lowest BCUT2D eigenvalue weighted by molar-refractivity contribution is -0.137. The SMILES string of the molecule is C[C@@H](CNc1ccnc(-c2c(Br)nc(-c3ccc(C(F)(F)F)cc3)n2COCC[Si](C)(C)C)n1)NC(=O)OC(C)(C)C. The van der Waals surface area contributed by atoms with Gasteiger partial charge < -0.3 is 20.1 Å². The number of alkyl carbamates (subject to hydrolysis) is 1. The minimum absolute atomic E-state index is 0.104. The van der Waals surface area contributed by atoms with Crippen molar-refractivity contribution in [3.63, 3.8) is 0 Å². The Hall–Kier alpha value is -2.97. The number of halogens is 4. The van der Waals surface area contributed by atoms with Crippen molar-refractivity contribution in [1.29, 1.82) is 0 Å². The van der Waals surface area contributed by atoms with E-state index in [0.717, 1.165) is 18.2 Å². The monoisotopic (exact) mass is 670 g/mol. The average Bonchev–Trinajstić information content (AvgIpc) is 3.19. The molecule has 2 N–H and O–H groups in total. The highest BCUT2D eigenvalue weighted by Crippen LogP contribution is 2.34. The van der Waals surface area contributed by atoms with Gasteiger partial charge in [-0.25, -0.2) is 19.7 Å². The van der Waals surface area contributed by atoms with Crippen molar-refractivity contribution in [3.05, 3.63) is 46.7 Å². The van der Waals surface area contributed by atoms with Gasteiger partial charge in [0.2, 0.25) is 0 Å². The molecule has 9 nitrogen and oxygen atoms in total. The van der Waals surface area contributed by atoms with Gasteiger partial charge in [0, 0.05) is 39.0 Å². The predicted molar refractivity (Wildman–Crippen MR) is 163 cm³/mol. The second-order valence-electron chi connectivity index (χ2n) is 12.1. The van der Waals surface area contributed by atoms with Crippen molar-refractivity contribution in [2.45, 2.75) is 77.9 Å². The first kappa shape index (κ1) is 33.5. The molecule has 3 rings (SSSR count). The molecule has 0 spiro atoms. The van der Waals surface area contributed by atoms with Gasteiger partial charge in [0.25, 0.3) is 0 Å². The maximum Gasteiger partial charge on any atom is 0.416 e. The molecule has 1 aromatic carbocycles. The Kier molecular flexibility index (Phi) is 10.8. The second kappa shape index (κ2) is 13.6. The van der Waals surface area contributed by atoms with E-state index < -0.39 is 31.5 Å². The summed E-state index contributed by atoms with van der Waals surface area (Å²) in [6, 6.07) is 7.21. The summed E-state index contributed by atoms with van der Waals surface area (Å²) in [6.07, 6.45) is -3.37. The van der Waals surface area contributed by atoms with Crippen LogP contribution in [0.4, 0.5) is 23.8 Å². The molecule has 0 aliphatic heterocycles. The molecule has 1 amide bonds. The van der Waals surface area contributed by atoms with Crippen LogP contribution in [-0.2, 0) is 22.4 Å². The Morgan fingerprint density at radius 3 is 2.36 bits per heavy atom. The van der Waals surface area contributed by atoms with Crippen LogP contribution in [0.2, 0.25) is 25.7 Å². The molecule has 1 atom stereocenters. The molecular formula is C28H38BrF3N6O3Si. The number of hydrogen-bond acceptors (Lipinski definition) is 7. The van der Waals surface area contributed by atoms with Crippen molar-refractivity contribution in [1.82, 2.24) is 24.8 Å². The Morgan fingerprint density at radius 1 is 1.10 bits per heavy atom. The number of imidazole rings is 1. The third kappa shape index (κ3) is 10.1. The fraction of sp³-hybridized carbons (Fsp3) is 0.500. The fourth-order valence-electron chi connectivity index (χ4n) is 3.71. The van der Waals surface area contributed by atoms with Gasteiger partial charge in [-0.15, -0.1) is 0 Å². The molecule has 42 heavy (non-hydrogen) atoms. The lowest BCUT2D eigenvalue weighted by Crippen LogP contribution is -2.40. The normalized spacial score (nSPS) is 13.1. The smallest absolute Gasteiger partial charge is 0.416 e. The summed E-state index contributed by atoms with van der Waals surface area (Å²) < 4.78 is 53.0. The van der Waals surface area contributed by atoms with Gasteiger partial charge in [0.05, 0.1) is 5.56 Å². The van der Waals surface area contributed by atoms with Crippen LogP contribution in [0.25, 0.3) is 22.9 Å². The van der Waals surface area contributed by atoms with E-state index in [1.165, 1.54) is 12.1 Å². The molecule has 2 aromatic heterocycles. The van der Waals surface area contributed by atoms with Crippen LogP contribution in [0.1, 0.15) is 33.3 Å². The standard InChI is InChI=1S/C28H38BrF3N6O3Si/c1-18(35-26(39)41-27(2,3)4)16-34-21-12-13-33-24(36-21)22-23(29)37-25(38(22)17-40-14-15-42(5,6)7)19-8-10-20(11-9-19)28(30,31)32/h8-13,18H,14-17H2,1-7H3,(H,35,39)(H,33,34,36)/t18-/m0/s1. The topological polar surface area (TPSA) is 103 Å². The Labute approximate surface area is 253 Å². The third-order valence-corrected chi connectivity index (χ3v) is 8.09. The van der Waals surface area contributed by atoms with Crippen molar-refractivity contribution < 1.29 is 27.4 Å². The van der Waals surface area contributed by atoms with Gasteiger partial charge in [-0.1, -0.05) is 31.8 Å².